The van der Waals surface area contributed by atoms with E-state index in [1.165, 1.54) is 12.1 Å². The minimum absolute atomic E-state index is 0.0168. The second-order valence-corrected chi connectivity index (χ2v) is 7.91. The zero-order valence-corrected chi connectivity index (χ0v) is 12.6. The molecule has 0 aromatic heterocycles. The van der Waals surface area contributed by atoms with E-state index in [1.807, 2.05) is 6.07 Å². The van der Waals surface area contributed by atoms with E-state index in [1.54, 1.807) is 6.92 Å². The average molecular weight is 347 g/mol. The molecule has 1 unspecified atom stereocenters. The third kappa shape index (κ3) is 2.90. The zero-order valence-electron chi connectivity index (χ0n) is 10.2. The molecule has 1 aromatic carbocycles. The highest BCUT2D eigenvalue weighted by Gasteiger charge is 2.38. The van der Waals surface area contributed by atoms with Crippen molar-refractivity contribution in [1.82, 2.24) is 0 Å². The molecule has 1 atom stereocenters. The summed E-state index contributed by atoms with van der Waals surface area (Å²) in [6.07, 6.45) is 0.437. The van der Waals surface area contributed by atoms with Crippen molar-refractivity contribution in [3.63, 3.8) is 0 Å². The third-order valence-electron chi connectivity index (χ3n) is 3.14. The molecule has 1 saturated heterocycles. The fourth-order valence-electron chi connectivity index (χ4n) is 2.17. The topological polar surface area (TPSA) is 70.0 Å². The summed E-state index contributed by atoms with van der Waals surface area (Å²) in [5, 5.41) is 11.7. The normalized spacial score (nSPS) is 24.9. The van der Waals surface area contributed by atoms with Crippen LogP contribution >= 0.6 is 15.9 Å². The number of anilines is 1. The van der Waals surface area contributed by atoms with Gasteiger partial charge in [-0.15, -0.1) is 0 Å². The molecule has 1 fully saturated rings. The number of hydrogen-bond acceptors (Lipinski definition) is 4. The quantitative estimate of drug-likeness (QED) is 0.892. The van der Waals surface area contributed by atoms with Crippen molar-refractivity contribution in [2.24, 2.45) is 0 Å². The van der Waals surface area contributed by atoms with Crippen molar-refractivity contribution >= 4 is 31.5 Å². The maximum atomic E-state index is 14.1. The molecular formula is C12H12BrFN2O2S. The predicted molar refractivity (Wildman–Crippen MR) is 74.1 cm³/mol. The van der Waals surface area contributed by atoms with Gasteiger partial charge in [0, 0.05) is 5.54 Å². The highest BCUT2D eigenvalue weighted by molar-refractivity contribution is 9.10. The lowest BCUT2D eigenvalue weighted by Crippen LogP contribution is -2.36. The summed E-state index contributed by atoms with van der Waals surface area (Å²) in [6.45, 7) is 1.75. The largest absolute Gasteiger partial charge is 0.376 e. The molecule has 102 valence electrons. The Morgan fingerprint density at radius 2 is 2.21 bits per heavy atom. The lowest BCUT2D eigenvalue weighted by molar-refractivity contribution is 0.560. The highest BCUT2D eigenvalue weighted by atomic mass is 79.9. The first kappa shape index (κ1) is 14.3. The molecule has 4 nitrogen and oxygen atoms in total. The Morgan fingerprint density at radius 3 is 2.74 bits per heavy atom. The molecule has 1 aliphatic rings. The minimum Gasteiger partial charge on any atom is -0.376 e. The van der Waals surface area contributed by atoms with Gasteiger partial charge in [0.25, 0.3) is 0 Å². The van der Waals surface area contributed by atoms with Crippen LogP contribution in [0.1, 0.15) is 18.9 Å². The van der Waals surface area contributed by atoms with Crippen LogP contribution in [0.4, 0.5) is 10.1 Å². The Kier molecular flexibility index (Phi) is 3.58. The molecule has 0 amide bonds. The first-order chi connectivity index (χ1) is 8.76. The summed E-state index contributed by atoms with van der Waals surface area (Å²) >= 11 is 3.02. The van der Waals surface area contributed by atoms with Gasteiger partial charge in [-0.1, -0.05) is 0 Å². The van der Waals surface area contributed by atoms with Crippen LogP contribution in [0.2, 0.25) is 0 Å². The van der Waals surface area contributed by atoms with E-state index in [0.717, 1.165) is 0 Å². The van der Waals surface area contributed by atoms with E-state index in [2.05, 4.69) is 21.2 Å². The van der Waals surface area contributed by atoms with E-state index in [4.69, 9.17) is 5.26 Å². The van der Waals surface area contributed by atoms with Crippen LogP contribution < -0.4 is 5.32 Å². The standard InChI is InChI=1S/C12H12BrFN2O2S/c1-12(4-5-19(17,18)7-12)16-9-3-2-8(6-15)10(13)11(9)14/h2-3,16H,4-5,7H2,1H3. The van der Waals surface area contributed by atoms with Crippen LogP contribution in [0, 0.1) is 17.1 Å². The Morgan fingerprint density at radius 1 is 1.53 bits per heavy atom. The summed E-state index contributed by atoms with van der Waals surface area (Å²) in [5.41, 5.74) is -0.273. The van der Waals surface area contributed by atoms with Crippen molar-refractivity contribution in [2.75, 3.05) is 16.8 Å². The number of nitriles is 1. The predicted octanol–water partition coefficient (Wildman–Crippen LogP) is 2.45. The molecule has 1 N–H and O–H groups in total. The highest BCUT2D eigenvalue weighted by Crippen LogP contribution is 2.32. The molecule has 1 heterocycles. The van der Waals surface area contributed by atoms with Crippen LogP contribution in [0.15, 0.2) is 16.6 Å². The van der Waals surface area contributed by atoms with Gasteiger partial charge in [0.2, 0.25) is 0 Å². The molecule has 19 heavy (non-hydrogen) atoms. The van der Waals surface area contributed by atoms with Crippen LogP contribution in [-0.2, 0) is 9.84 Å². The first-order valence-electron chi connectivity index (χ1n) is 5.63. The van der Waals surface area contributed by atoms with E-state index in [9.17, 15) is 12.8 Å². The summed E-state index contributed by atoms with van der Waals surface area (Å²) in [7, 11) is -3.06. The summed E-state index contributed by atoms with van der Waals surface area (Å²) in [4.78, 5) is 0. The molecular weight excluding hydrogens is 335 g/mol. The Bertz CT molecular complexity index is 669. The summed E-state index contributed by atoms with van der Waals surface area (Å²) in [5.74, 6) is -0.489. The van der Waals surface area contributed by atoms with E-state index < -0.39 is 21.2 Å². The average Bonchev–Trinajstić information content (AvgIpc) is 2.60. The minimum atomic E-state index is -3.06. The second-order valence-electron chi connectivity index (χ2n) is 4.93. The van der Waals surface area contributed by atoms with E-state index in [0.29, 0.717) is 6.42 Å². The summed E-state index contributed by atoms with van der Waals surface area (Å²) < 4.78 is 37.1. The van der Waals surface area contributed by atoms with Crippen LogP contribution in [0.3, 0.4) is 0 Å². The van der Waals surface area contributed by atoms with Gasteiger partial charge < -0.3 is 5.32 Å². The molecule has 7 heteroatoms. The van der Waals surface area contributed by atoms with Crippen LogP contribution in [-0.4, -0.2) is 25.5 Å². The molecule has 0 aliphatic carbocycles. The number of sulfone groups is 1. The van der Waals surface area contributed by atoms with Gasteiger partial charge in [-0.05, 0) is 41.4 Å². The van der Waals surface area contributed by atoms with Gasteiger partial charge in [-0.3, -0.25) is 0 Å². The molecule has 1 aromatic rings. The maximum Gasteiger partial charge on any atom is 0.161 e. The lowest BCUT2D eigenvalue weighted by Gasteiger charge is -2.25. The van der Waals surface area contributed by atoms with Crippen LogP contribution in [0.5, 0.6) is 0 Å². The van der Waals surface area contributed by atoms with Gasteiger partial charge in [0.05, 0.1) is 27.2 Å². The second kappa shape index (κ2) is 4.76. The fraction of sp³-hybridized carbons (Fsp3) is 0.417. The molecule has 0 radical (unpaired) electrons. The third-order valence-corrected chi connectivity index (χ3v) is 5.82. The van der Waals surface area contributed by atoms with Gasteiger partial charge in [0.1, 0.15) is 6.07 Å². The smallest absolute Gasteiger partial charge is 0.161 e. The number of rotatable bonds is 2. The Labute approximate surface area is 119 Å². The molecule has 0 bridgehead atoms. The van der Waals surface area contributed by atoms with E-state index in [-0.39, 0.29) is 27.2 Å². The molecule has 1 aliphatic heterocycles. The summed E-state index contributed by atoms with van der Waals surface area (Å²) in [6, 6.07) is 4.81. The number of halogens is 2. The van der Waals surface area contributed by atoms with Gasteiger partial charge >= 0.3 is 0 Å². The van der Waals surface area contributed by atoms with Crippen molar-refractivity contribution in [3.05, 3.63) is 28.0 Å². The fourth-order valence-corrected chi connectivity index (χ4v) is 4.69. The number of hydrogen-bond donors (Lipinski definition) is 1. The number of benzene rings is 1. The lowest BCUT2D eigenvalue weighted by atomic mass is 10.0. The molecule has 0 spiro atoms. The number of nitrogens with zero attached hydrogens (tertiary/aromatic N) is 1. The Hall–Kier alpha value is -1.13. The van der Waals surface area contributed by atoms with Crippen molar-refractivity contribution in [2.45, 2.75) is 18.9 Å². The monoisotopic (exact) mass is 346 g/mol. The van der Waals surface area contributed by atoms with Gasteiger partial charge in [-0.2, -0.15) is 5.26 Å². The first-order valence-corrected chi connectivity index (χ1v) is 8.24. The number of nitrogens with one attached hydrogen (secondary N) is 1. The SMILES string of the molecule is CC1(Nc2ccc(C#N)c(Br)c2F)CCS(=O)(=O)C1. The van der Waals surface area contributed by atoms with Crippen LogP contribution in [0.25, 0.3) is 0 Å². The zero-order chi connectivity index (χ0) is 14.3. The molecule has 0 saturated carbocycles. The Balaban J connectivity index is 2.31. The molecule has 2 rings (SSSR count). The van der Waals surface area contributed by atoms with E-state index >= 15 is 0 Å². The van der Waals surface area contributed by atoms with Crippen molar-refractivity contribution < 1.29 is 12.8 Å². The maximum absolute atomic E-state index is 14.1. The van der Waals surface area contributed by atoms with Crippen molar-refractivity contribution in [1.29, 1.82) is 5.26 Å². The van der Waals surface area contributed by atoms with Crippen molar-refractivity contribution in [3.8, 4) is 6.07 Å². The van der Waals surface area contributed by atoms with Gasteiger partial charge in [0.15, 0.2) is 15.7 Å². The van der Waals surface area contributed by atoms with Gasteiger partial charge in [-0.25, -0.2) is 12.8 Å².